The number of carbonyl (C=O) groups is 2. The summed E-state index contributed by atoms with van der Waals surface area (Å²) < 4.78 is 0. The van der Waals surface area contributed by atoms with Crippen molar-refractivity contribution in [3.8, 4) is 0 Å². The second-order valence-corrected chi connectivity index (χ2v) is 2.51. The van der Waals surface area contributed by atoms with Crippen LogP contribution in [0.4, 0.5) is 0 Å². The highest BCUT2D eigenvalue weighted by Gasteiger charge is 2.11. The molecule has 1 amide bonds. The normalized spacial score (nSPS) is 9.50. The fraction of sp³-hybridized carbons (Fsp3) is 0.714. The Morgan fingerprint density at radius 3 is 2.42 bits per heavy atom. The first-order valence-corrected chi connectivity index (χ1v) is 3.79. The van der Waals surface area contributed by atoms with Crippen LogP contribution in [0.5, 0.6) is 0 Å². The molecule has 0 aliphatic carbocycles. The average Bonchev–Trinajstić information content (AvgIpc) is 2.01. The van der Waals surface area contributed by atoms with Crippen LogP contribution in [-0.2, 0) is 9.59 Å². The van der Waals surface area contributed by atoms with Crippen LogP contribution in [0.2, 0.25) is 6.32 Å². The molecule has 5 heteroatoms. The van der Waals surface area contributed by atoms with Gasteiger partial charge in [-0.3, -0.25) is 9.59 Å². The van der Waals surface area contributed by atoms with E-state index in [-0.39, 0.29) is 24.6 Å². The Hall–Kier alpha value is -0.835. The van der Waals surface area contributed by atoms with Gasteiger partial charge < -0.3 is 10.6 Å². The van der Waals surface area contributed by atoms with Crippen molar-refractivity contribution in [2.45, 2.75) is 13.2 Å². The predicted molar refractivity (Wildman–Crippen MR) is 46.9 cm³/mol. The van der Waals surface area contributed by atoms with Crippen LogP contribution in [0.15, 0.2) is 0 Å². The van der Waals surface area contributed by atoms with Crippen molar-refractivity contribution in [1.82, 2.24) is 4.90 Å². The zero-order valence-corrected chi connectivity index (χ0v) is 7.25. The number of carbonyl (C=O) groups excluding carboxylic acids is 2. The minimum atomic E-state index is -0.240. The van der Waals surface area contributed by atoms with Gasteiger partial charge in [0.1, 0.15) is 5.78 Å². The molecule has 0 fully saturated rings. The zero-order valence-electron chi connectivity index (χ0n) is 7.25. The van der Waals surface area contributed by atoms with E-state index in [1.54, 1.807) is 0 Å². The number of nitrogens with zero attached hydrogens (tertiary/aromatic N) is 1. The maximum absolute atomic E-state index is 11.0. The lowest BCUT2D eigenvalue weighted by Gasteiger charge is -2.19. The van der Waals surface area contributed by atoms with E-state index in [2.05, 4.69) is 0 Å². The molecule has 0 atom stereocenters. The Balaban J connectivity index is 4.02. The minimum absolute atomic E-state index is 0.0646. The highest BCUT2D eigenvalue weighted by molar-refractivity contribution is 6.19. The van der Waals surface area contributed by atoms with Crippen LogP contribution in [0, 0.1) is 0 Å². The molecule has 0 saturated carbocycles. The predicted octanol–water partition coefficient (Wildman–Crippen LogP) is -1.05. The van der Waals surface area contributed by atoms with Gasteiger partial charge in [0.25, 0.3) is 0 Å². The highest BCUT2D eigenvalue weighted by atomic mass is 16.2. The summed E-state index contributed by atoms with van der Waals surface area (Å²) in [5, 5.41) is 0. The number of ketones is 1. The lowest BCUT2D eigenvalue weighted by atomic mass is 10.0. The molecule has 0 spiro atoms. The van der Waals surface area contributed by atoms with E-state index in [0.29, 0.717) is 13.1 Å². The van der Waals surface area contributed by atoms with Crippen LogP contribution in [0.1, 0.15) is 6.92 Å². The lowest BCUT2D eigenvalue weighted by molar-refractivity contribution is -0.132. The number of hydrogen-bond donors (Lipinski definition) is 1. The third kappa shape index (κ3) is 4.13. The summed E-state index contributed by atoms with van der Waals surface area (Å²) in [4.78, 5) is 23.1. The van der Waals surface area contributed by atoms with Gasteiger partial charge in [0.2, 0.25) is 5.91 Å². The van der Waals surface area contributed by atoms with Crippen molar-refractivity contribution < 1.29 is 9.59 Å². The van der Waals surface area contributed by atoms with Crippen LogP contribution in [-0.4, -0.2) is 44.1 Å². The van der Waals surface area contributed by atoms with Crippen molar-refractivity contribution in [3.63, 3.8) is 0 Å². The smallest absolute Gasteiger partial charge is 0.214 e. The van der Waals surface area contributed by atoms with Crippen LogP contribution in [0.25, 0.3) is 0 Å². The van der Waals surface area contributed by atoms with Crippen LogP contribution < -0.4 is 5.73 Å². The Bertz CT molecular complexity index is 173. The van der Waals surface area contributed by atoms with Crippen molar-refractivity contribution in [2.24, 2.45) is 5.73 Å². The molecule has 12 heavy (non-hydrogen) atoms. The molecular weight excluding hydrogens is 155 g/mol. The topological polar surface area (TPSA) is 63.4 Å². The molecule has 0 aliphatic rings. The van der Waals surface area contributed by atoms with Crippen molar-refractivity contribution in [1.29, 1.82) is 0 Å². The molecule has 0 saturated heterocycles. The molecule has 2 N–H and O–H groups in total. The highest BCUT2D eigenvalue weighted by Crippen LogP contribution is 1.92. The number of nitrogens with two attached hydrogens (primary N) is 1. The fourth-order valence-electron chi connectivity index (χ4n) is 0.846. The van der Waals surface area contributed by atoms with Gasteiger partial charge in [-0.15, -0.1) is 0 Å². The summed E-state index contributed by atoms with van der Waals surface area (Å²) in [5.74, 6) is -0.305. The van der Waals surface area contributed by atoms with E-state index in [0.717, 1.165) is 0 Å². The average molecular weight is 168 g/mol. The van der Waals surface area contributed by atoms with Gasteiger partial charge >= 0.3 is 0 Å². The molecule has 0 heterocycles. The van der Waals surface area contributed by atoms with Gasteiger partial charge in [-0.2, -0.15) is 0 Å². The second-order valence-electron chi connectivity index (χ2n) is 2.51. The maximum Gasteiger partial charge on any atom is 0.214 e. The summed E-state index contributed by atoms with van der Waals surface area (Å²) in [6.45, 7) is 2.26. The molecule has 0 bridgehead atoms. The Morgan fingerprint density at radius 2 is 2.08 bits per heavy atom. The van der Waals surface area contributed by atoms with E-state index >= 15 is 0 Å². The summed E-state index contributed by atoms with van der Waals surface area (Å²) >= 11 is 0. The lowest BCUT2D eigenvalue weighted by Crippen LogP contribution is -2.38. The monoisotopic (exact) mass is 168 g/mol. The van der Waals surface area contributed by atoms with Crippen molar-refractivity contribution in [2.75, 3.05) is 19.6 Å². The molecule has 2 radical (unpaired) electrons. The Labute approximate surface area is 73.5 Å². The SMILES string of the molecule is [B]CC(=O)N(CCN)CC(C)=O. The minimum Gasteiger partial charge on any atom is -0.335 e. The molecule has 4 nitrogen and oxygen atoms in total. The summed E-state index contributed by atoms with van der Waals surface area (Å²) in [6, 6.07) is 0. The molecule has 0 aromatic carbocycles. The van der Waals surface area contributed by atoms with Gasteiger partial charge in [-0.05, 0) is 13.2 Å². The summed E-state index contributed by atoms with van der Waals surface area (Å²) in [7, 11) is 5.14. The van der Waals surface area contributed by atoms with E-state index in [1.165, 1.54) is 11.8 Å². The van der Waals surface area contributed by atoms with Crippen molar-refractivity contribution in [3.05, 3.63) is 0 Å². The van der Waals surface area contributed by atoms with E-state index in [1.807, 2.05) is 0 Å². The van der Waals surface area contributed by atoms with E-state index in [9.17, 15) is 9.59 Å². The molecule has 66 valence electrons. The molecule has 0 aromatic heterocycles. The summed E-state index contributed by atoms with van der Waals surface area (Å²) in [5.41, 5.74) is 5.25. The standard InChI is InChI=1S/C7H13BN2O2/c1-6(11)5-10(3-2-9)7(12)4-8/h2-5,9H2,1H3. The van der Waals surface area contributed by atoms with Gasteiger partial charge in [0.15, 0.2) is 0 Å². The van der Waals surface area contributed by atoms with Gasteiger partial charge in [-0.1, -0.05) is 0 Å². The van der Waals surface area contributed by atoms with E-state index in [4.69, 9.17) is 13.6 Å². The Kier molecular flexibility index (Phi) is 5.37. The van der Waals surface area contributed by atoms with Gasteiger partial charge in [0.05, 0.1) is 14.4 Å². The zero-order chi connectivity index (χ0) is 9.56. The second kappa shape index (κ2) is 5.77. The van der Waals surface area contributed by atoms with Gasteiger partial charge in [0, 0.05) is 13.1 Å². The molecule has 0 aromatic rings. The number of rotatable bonds is 5. The molecule has 0 rings (SSSR count). The first kappa shape index (κ1) is 11.2. The largest absolute Gasteiger partial charge is 0.335 e. The maximum atomic E-state index is 11.0. The van der Waals surface area contributed by atoms with Crippen LogP contribution >= 0.6 is 0 Å². The van der Waals surface area contributed by atoms with E-state index < -0.39 is 0 Å². The summed E-state index contributed by atoms with van der Waals surface area (Å²) in [6.07, 6.45) is -0.0761. The number of amides is 1. The fourth-order valence-corrected chi connectivity index (χ4v) is 0.846. The third-order valence-electron chi connectivity index (χ3n) is 1.34. The quantitative estimate of drug-likeness (QED) is 0.532. The Morgan fingerprint density at radius 1 is 1.50 bits per heavy atom. The van der Waals surface area contributed by atoms with Crippen LogP contribution in [0.3, 0.4) is 0 Å². The molecule has 0 aliphatic heterocycles. The third-order valence-corrected chi connectivity index (χ3v) is 1.34. The first-order valence-electron chi connectivity index (χ1n) is 3.79. The molecule has 0 unspecified atom stereocenters. The van der Waals surface area contributed by atoms with Crippen molar-refractivity contribution >= 4 is 19.5 Å². The van der Waals surface area contributed by atoms with Gasteiger partial charge in [-0.25, -0.2) is 0 Å². The first-order chi connectivity index (χ1) is 5.61. The number of hydrogen-bond acceptors (Lipinski definition) is 3. The molecular formula is C7H13BN2O2. The number of Topliss-reactive ketones (excluding diaryl/α,β-unsaturated/α-hetero) is 1.